The number of amides is 1. The van der Waals surface area contributed by atoms with Crippen LogP contribution in [0.25, 0.3) is 0 Å². The van der Waals surface area contributed by atoms with E-state index in [0.717, 1.165) is 18.6 Å². The second kappa shape index (κ2) is 7.64. The van der Waals surface area contributed by atoms with Crippen molar-refractivity contribution in [3.63, 3.8) is 0 Å². The Morgan fingerprint density at radius 2 is 2.04 bits per heavy atom. The number of carbonyl (C=O) groups excluding carboxylic acids is 1. The summed E-state index contributed by atoms with van der Waals surface area (Å²) < 4.78 is 10.6. The maximum absolute atomic E-state index is 12.9. The standard InChI is InChI=1S/C20H23NO5/c1-13-12-26-17(11-18(22)23)19(13)20(24)21-8-6-14(7-9-21)15-4-3-5-16(10-15)25-2/h3-5,10,12,14H,6-9,11H2,1-2H3,(H,22,23). The number of rotatable bonds is 5. The Morgan fingerprint density at radius 3 is 2.69 bits per heavy atom. The highest BCUT2D eigenvalue weighted by Gasteiger charge is 2.29. The molecule has 0 unspecified atom stereocenters. The van der Waals surface area contributed by atoms with Crippen molar-refractivity contribution < 1.29 is 23.8 Å². The number of likely N-dealkylation sites (tertiary alicyclic amines) is 1. The van der Waals surface area contributed by atoms with Gasteiger partial charge in [0.15, 0.2) is 0 Å². The lowest BCUT2D eigenvalue weighted by atomic mass is 9.89. The molecule has 1 saturated heterocycles. The van der Waals surface area contributed by atoms with E-state index in [4.69, 9.17) is 14.3 Å². The minimum Gasteiger partial charge on any atom is -0.497 e. The molecule has 1 fully saturated rings. The van der Waals surface area contributed by atoms with Crippen LogP contribution < -0.4 is 4.74 Å². The summed E-state index contributed by atoms with van der Waals surface area (Å²) in [6.45, 7) is 3.04. The van der Waals surface area contributed by atoms with Crippen LogP contribution in [-0.4, -0.2) is 42.1 Å². The van der Waals surface area contributed by atoms with Gasteiger partial charge in [0.2, 0.25) is 0 Å². The first-order valence-electron chi connectivity index (χ1n) is 8.71. The van der Waals surface area contributed by atoms with Crippen molar-refractivity contribution in [1.82, 2.24) is 4.90 Å². The molecule has 6 nitrogen and oxygen atoms in total. The summed E-state index contributed by atoms with van der Waals surface area (Å²) in [5.41, 5.74) is 2.30. The van der Waals surface area contributed by atoms with Gasteiger partial charge in [-0.3, -0.25) is 9.59 Å². The molecule has 0 bridgehead atoms. The average molecular weight is 357 g/mol. The second-order valence-electron chi connectivity index (χ2n) is 6.63. The number of aryl methyl sites for hydroxylation is 1. The van der Waals surface area contributed by atoms with Gasteiger partial charge in [0.25, 0.3) is 5.91 Å². The van der Waals surface area contributed by atoms with Crippen LogP contribution in [0.3, 0.4) is 0 Å². The smallest absolute Gasteiger partial charge is 0.311 e. The Kier molecular flexibility index (Phi) is 5.30. The Bertz CT molecular complexity index is 802. The molecule has 6 heteroatoms. The highest BCUT2D eigenvalue weighted by molar-refractivity contribution is 5.97. The monoisotopic (exact) mass is 357 g/mol. The third kappa shape index (κ3) is 3.74. The quantitative estimate of drug-likeness (QED) is 0.888. The SMILES string of the molecule is COc1cccc(C2CCN(C(=O)c3c(C)coc3CC(=O)O)CC2)c1. The number of benzene rings is 1. The zero-order valence-electron chi connectivity index (χ0n) is 15.0. The molecular formula is C20H23NO5. The minimum atomic E-state index is -1.01. The largest absolute Gasteiger partial charge is 0.497 e. The van der Waals surface area contributed by atoms with Gasteiger partial charge in [-0.15, -0.1) is 0 Å². The fourth-order valence-electron chi connectivity index (χ4n) is 3.52. The number of hydrogen-bond acceptors (Lipinski definition) is 4. The van der Waals surface area contributed by atoms with Gasteiger partial charge in [0.05, 0.1) is 18.9 Å². The summed E-state index contributed by atoms with van der Waals surface area (Å²) in [5, 5.41) is 9.00. The summed E-state index contributed by atoms with van der Waals surface area (Å²) >= 11 is 0. The maximum Gasteiger partial charge on any atom is 0.311 e. The van der Waals surface area contributed by atoms with Gasteiger partial charge in [-0.1, -0.05) is 12.1 Å². The van der Waals surface area contributed by atoms with E-state index in [1.165, 1.54) is 11.8 Å². The topological polar surface area (TPSA) is 80.0 Å². The van der Waals surface area contributed by atoms with Crippen LogP contribution >= 0.6 is 0 Å². The number of aliphatic carboxylic acids is 1. The first-order valence-corrected chi connectivity index (χ1v) is 8.71. The van der Waals surface area contributed by atoms with Crippen molar-refractivity contribution in [3.8, 4) is 5.75 Å². The number of carbonyl (C=O) groups is 2. The summed E-state index contributed by atoms with van der Waals surface area (Å²) in [6, 6.07) is 8.05. The summed E-state index contributed by atoms with van der Waals surface area (Å²) in [6.07, 6.45) is 2.90. The number of piperidine rings is 1. The van der Waals surface area contributed by atoms with Gasteiger partial charge in [0.1, 0.15) is 17.9 Å². The fraction of sp³-hybridized carbons (Fsp3) is 0.400. The molecule has 2 heterocycles. The molecule has 26 heavy (non-hydrogen) atoms. The molecular weight excluding hydrogens is 334 g/mol. The molecule has 1 aliphatic rings. The van der Waals surface area contributed by atoms with E-state index in [1.54, 1.807) is 18.9 Å². The summed E-state index contributed by atoms with van der Waals surface area (Å²) in [4.78, 5) is 25.7. The Balaban J connectivity index is 1.69. The Hall–Kier alpha value is -2.76. The van der Waals surface area contributed by atoms with Crippen molar-refractivity contribution in [2.45, 2.75) is 32.1 Å². The van der Waals surface area contributed by atoms with Crippen molar-refractivity contribution in [2.75, 3.05) is 20.2 Å². The number of nitrogens with zero attached hydrogens (tertiary/aromatic N) is 1. The predicted octanol–water partition coefficient (Wildman–Crippen LogP) is 3.24. The zero-order chi connectivity index (χ0) is 18.7. The summed E-state index contributed by atoms with van der Waals surface area (Å²) in [7, 11) is 1.66. The molecule has 0 radical (unpaired) electrons. The van der Waals surface area contributed by atoms with E-state index in [0.29, 0.717) is 30.1 Å². The van der Waals surface area contributed by atoms with Crippen LogP contribution in [0.1, 0.15) is 46.0 Å². The Morgan fingerprint density at radius 1 is 1.31 bits per heavy atom. The van der Waals surface area contributed by atoms with E-state index in [9.17, 15) is 9.59 Å². The molecule has 1 aromatic carbocycles. The number of carboxylic acids is 1. The van der Waals surface area contributed by atoms with Crippen LogP contribution in [0.4, 0.5) is 0 Å². The molecule has 0 saturated carbocycles. The second-order valence-corrected chi connectivity index (χ2v) is 6.63. The van der Waals surface area contributed by atoms with Gasteiger partial charge >= 0.3 is 5.97 Å². The van der Waals surface area contributed by atoms with Crippen molar-refractivity contribution in [2.24, 2.45) is 0 Å². The lowest BCUT2D eigenvalue weighted by molar-refractivity contribution is -0.136. The maximum atomic E-state index is 12.9. The van der Waals surface area contributed by atoms with Crippen LogP contribution in [0, 0.1) is 6.92 Å². The van der Waals surface area contributed by atoms with E-state index in [-0.39, 0.29) is 18.1 Å². The molecule has 2 aromatic rings. The third-order valence-electron chi connectivity index (χ3n) is 4.92. The molecule has 138 valence electrons. The molecule has 0 spiro atoms. The number of hydrogen-bond donors (Lipinski definition) is 1. The number of methoxy groups -OCH3 is 1. The molecule has 1 N–H and O–H groups in total. The van der Waals surface area contributed by atoms with Crippen LogP contribution in [0.2, 0.25) is 0 Å². The molecule has 1 amide bonds. The van der Waals surface area contributed by atoms with Gasteiger partial charge in [-0.05, 0) is 43.4 Å². The Labute approximate surface area is 152 Å². The average Bonchev–Trinajstić information content (AvgIpc) is 3.01. The number of ether oxygens (including phenoxy) is 1. The van der Waals surface area contributed by atoms with Crippen molar-refractivity contribution in [3.05, 3.63) is 53.0 Å². The highest BCUT2D eigenvalue weighted by Crippen LogP contribution is 2.31. The lowest BCUT2D eigenvalue weighted by Crippen LogP contribution is -2.38. The van der Waals surface area contributed by atoms with Crippen molar-refractivity contribution >= 4 is 11.9 Å². The first-order chi connectivity index (χ1) is 12.5. The number of furan rings is 1. The third-order valence-corrected chi connectivity index (χ3v) is 4.92. The molecule has 0 aliphatic carbocycles. The van der Waals surface area contributed by atoms with E-state index >= 15 is 0 Å². The predicted molar refractivity (Wildman–Crippen MR) is 95.7 cm³/mol. The molecule has 0 atom stereocenters. The molecule has 1 aliphatic heterocycles. The zero-order valence-corrected chi connectivity index (χ0v) is 15.0. The minimum absolute atomic E-state index is 0.142. The van der Waals surface area contributed by atoms with Gasteiger partial charge < -0.3 is 19.2 Å². The van der Waals surface area contributed by atoms with E-state index in [1.807, 2.05) is 18.2 Å². The summed E-state index contributed by atoms with van der Waals surface area (Å²) in [5.74, 6) is 0.308. The normalized spacial score (nSPS) is 15.1. The van der Waals surface area contributed by atoms with E-state index in [2.05, 4.69) is 6.07 Å². The molecule has 1 aromatic heterocycles. The lowest BCUT2D eigenvalue weighted by Gasteiger charge is -2.32. The van der Waals surface area contributed by atoms with Gasteiger partial charge in [0, 0.05) is 18.7 Å². The van der Waals surface area contributed by atoms with Crippen LogP contribution in [0.5, 0.6) is 5.75 Å². The van der Waals surface area contributed by atoms with Crippen LogP contribution in [-0.2, 0) is 11.2 Å². The first kappa shape index (κ1) is 18.0. The van der Waals surface area contributed by atoms with Gasteiger partial charge in [-0.2, -0.15) is 0 Å². The highest BCUT2D eigenvalue weighted by atomic mass is 16.5. The van der Waals surface area contributed by atoms with Crippen molar-refractivity contribution in [1.29, 1.82) is 0 Å². The van der Waals surface area contributed by atoms with Crippen LogP contribution in [0.15, 0.2) is 34.9 Å². The van der Waals surface area contributed by atoms with Gasteiger partial charge in [-0.25, -0.2) is 0 Å². The fourth-order valence-corrected chi connectivity index (χ4v) is 3.52. The van der Waals surface area contributed by atoms with E-state index < -0.39 is 5.97 Å². The molecule has 3 rings (SSSR count). The number of carboxylic acid groups (broad SMARTS) is 1.